The van der Waals surface area contributed by atoms with Crippen LogP contribution in [0.3, 0.4) is 0 Å². The molecule has 0 fully saturated rings. The first kappa shape index (κ1) is 16.9. The molecule has 2 unspecified atom stereocenters. The van der Waals surface area contributed by atoms with Gasteiger partial charge in [0, 0.05) is 25.1 Å². The molecule has 0 spiro atoms. The van der Waals surface area contributed by atoms with Gasteiger partial charge in [0.05, 0.1) is 11.8 Å². The Labute approximate surface area is 152 Å². The standard InChI is InChI=1S/C20H22N2O4/c1-22(12-18(23)14-5-3-2-4-6-14)11-16-10-17(21-26-16)15-7-8-19-20(9-15)25-13-24-19/h2-9,16,18,23H,10-13H2,1H3. The molecule has 1 N–H and O–H groups in total. The van der Waals surface area contributed by atoms with Gasteiger partial charge in [0.15, 0.2) is 11.5 Å². The highest BCUT2D eigenvalue weighted by atomic mass is 16.7. The number of oxime groups is 1. The van der Waals surface area contributed by atoms with Crippen LogP contribution in [-0.4, -0.2) is 48.8 Å². The number of ether oxygens (including phenoxy) is 2. The van der Waals surface area contributed by atoms with Gasteiger partial charge in [0.2, 0.25) is 6.79 Å². The molecule has 136 valence electrons. The summed E-state index contributed by atoms with van der Waals surface area (Å²) in [5.41, 5.74) is 2.82. The third-order valence-electron chi connectivity index (χ3n) is 4.62. The Kier molecular flexibility index (Phi) is 4.77. The lowest BCUT2D eigenvalue weighted by atomic mass is 10.0. The summed E-state index contributed by atoms with van der Waals surface area (Å²) in [7, 11) is 1.98. The topological polar surface area (TPSA) is 63.5 Å². The van der Waals surface area contributed by atoms with Crippen LogP contribution in [0.4, 0.5) is 0 Å². The van der Waals surface area contributed by atoms with Crippen molar-refractivity contribution in [3.05, 3.63) is 59.7 Å². The number of rotatable bonds is 6. The Hall–Kier alpha value is -2.57. The van der Waals surface area contributed by atoms with E-state index in [0.29, 0.717) is 13.1 Å². The van der Waals surface area contributed by atoms with E-state index >= 15 is 0 Å². The zero-order chi connectivity index (χ0) is 17.9. The molecule has 26 heavy (non-hydrogen) atoms. The summed E-state index contributed by atoms with van der Waals surface area (Å²) in [6, 6.07) is 15.5. The minimum absolute atomic E-state index is 0.0246. The number of benzene rings is 2. The summed E-state index contributed by atoms with van der Waals surface area (Å²) < 4.78 is 10.8. The molecule has 2 aliphatic heterocycles. The van der Waals surface area contributed by atoms with Crippen molar-refractivity contribution in [1.29, 1.82) is 0 Å². The lowest BCUT2D eigenvalue weighted by molar-refractivity contribution is 0.0440. The fourth-order valence-corrected chi connectivity index (χ4v) is 3.27. The number of nitrogens with zero attached hydrogens (tertiary/aromatic N) is 2. The molecule has 6 nitrogen and oxygen atoms in total. The van der Waals surface area contributed by atoms with Gasteiger partial charge in [-0.2, -0.15) is 0 Å². The molecular weight excluding hydrogens is 332 g/mol. The van der Waals surface area contributed by atoms with Crippen molar-refractivity contribution >= 4 is 5.71 Å². The van der Waals surface area contributed by atoms with Gasteiger partial charge in [-0.05, 0) is 30.8 Å². The van der Waals surface area contributed by atoms with Gasteiger partial charge in [-0.15, -0.1) is 0 Å². The molecule has 2 aromatic rings. The molecule has 4 rings (SSSR count). The molecule has 0 saturated carbocycles. The molecule has 0 aliphatic carbocycles. The predicted molar refractivity (Wildman–Crippen MR) is 97.5 cm³/mol. The van der Waals surface area contributed by atoms with Crippen LogP contribution in [0.5, 0.6) is 11.5 Å². The second kappa shape index (κ2) is 7.35. The van der Waals surface area contributed by atoms with Crippen molar-refractivity contribution in [1.82, 2.24) is 4.90 Å². The van der Waals surface area contributed by atoms with E-state index in [0.717, 1.165) is 34.8 Å². The first-order valence-electron chi connectivity index (χ1n) is 8.73. The van der Waals surface area contributed by atoms with Crippen LogP contribution in [0.1, 0.15) is 23.7 Å². The van der Waals surface area contributed by atoms with E-state index < -0.39 is 6.10 Å². The quantitative estimate of drug-likeness (QED) is 0.864. The largest absolute Gasteiger partial charge is 0.454 e. The molecular formula is C20H22N2O4. The van der Waals surface area contributed by atoms with Gasteiger partial charge in [0.25, 0.3) is 0 Å². The second-order valence-electron chi connectivity index (χ2n) is 6.69. The minimum atomic E-state index is -0.517. The zero-order valence-corrected chi connectivity index (χ0v) is 14.7. The molecule has 0 aromatic heterocycles. The molecule has 2 aromatic carbocycles. The summed E-state index contributed by atoms with van der Waals surface area (Å²) in [5, 5.41) is 14.6. The molecule has 2 heterocycles. The number of aliphatic hydroxyl groups is 1. The van der Waals surface area contributed by atoms with E-state index in [1.54, 1.807) is 0 Å². The van der Waals surface area contributed by atoms with E-state index in [2.05, 4.69) is 10.1 Å². The van der Waals surface area contributed by atoms with E-state index in [4.69, 9.17) is 14.3 Å². The van der Waals surface area contributed by atoms with E-state index in [9.17, 15) is 5.11 Å². The molecule has 6 heteroatoms. The molecule has 0 bridgehead atoms. The van der Waals surface area contributed by atoms with Gasteiger partial charge < -0.3 is 19.4 Å². The lowest BCUT2D eigenvalue weighted by Gasteiger charge is -2.22. The molecule has 2 atom stereocenters. The van der Waals surface area contributed by atoms with Crippen LogP contribution in [0.2, 0.25) is 0 Å². The van der Waals surface area contributed by atoms with Crippen LogP contribution >= 0.6 is 0 Å². The van der Waals surface area contributed by atoms with E-state index in [1.807, 2.05) is 55.6 Å². The van der Waals surface area contributed by atoms with Crippen LogP contribution in [0, 0.1) is 0 Å². The van der Waals surface area contributed by atoms with Crippen LogP contribution in [0.15, 0.2) is 53.7 Å². The average Bonchev–Trinajstić information content (AvgIpc) is 3.30. The van der Waals surface area contributed by atoms with Gasteiger partial charge in [0.1, 0.15) is 6.10 Å². The van der Waals surface area contributed by atoms with Crippen LogP contribution < -0.4 is 9.47 Å². The van der Waals surface area contributed by atoms with Gasteiger partial charge in [-0.1, -0.05) is 35.5 Å². The second-order valence-corrected chi connectivity index (χ2v) is 6.69. The maximum atomic E-state index is 10.3. The first-order chi connectivity index (χ1) is 12.7. The SMILES string of the molecule is CN(CC1CC(c2ccc3c(c2)OCO3)=NO1)CC(O)c1ccccc1. The number of aliphatic hydroxyl groups excluding tert-OH is 1. The summed E-state index contributed by atoms with van der Waals surface area (Å²) in [5.74, 6) is 1.51. The molecule has 0 radical (unpaired) electrons. The van der Waals surface area contributed by atoms with Gasteiger partial charge in [-0.3, -0.25) is 4.90 Å². The van der Waals surface area contributed by atoms with Gasteiger partial charge >= 0.3 is 0 Å². The number of hydrogen-bond donors (Lipinski definition) is 1. The Balaban J connectivity index is 1.31. The molecule has 0 saturated heterocycles. The van der Waals surface area contributed by atoms with E-state index in [-0.39, 0.29) is 12.9 Å². The average molecular weight is 354 g/mol. The van der Waals surface area contributed by atoms with Crippen molar-refractivity contribution in [3.8, 4) is 11.5 Å². The Morgan fingerprint density at radius 2 is 1.96 bits per heavy atom. The third kappa shape index (κ3) is 3.66. The fourth-order valence-electron chi connectivity index (χ4n) is 3.27. The maximum Gasteiger partial charge on any atom is 0.231 e. The monoisotopic (exact) mass is 354 g/mol. The van der Waals surface area contributed by atoms with Crippen molar-refractivity contribution in [3.63, 3.8) is 0 Å². The number of fused-ring (bicyclic) bond motifs is 1. The highest BCUT2D eigenvalue weighted by Gasteiger charge is 2.25. The molecule has 2 aliphatic rings. The van der Waals surface area contributed by atoms with Crippen LogP contribution in [0.25, 0.3) is 0 Å². The number of likely N-dealkylation sites (N-methyl/N-ethyl adjacent to an activating group) is 1. The number of hydrogen-bond acceptors (Lipinski definition) is 6. The maximum absolute atomic E-state index is 10.3. The van der Waals surface area contributed by atoms with Crippen molar-refractivity contribution in [2.24, 2.45) is 5.16 Å². The smallest absolute Gasteiger partial charge is 0.231 e. The highest BCUT2D eigenvalue weighted by Crippen LogP contribution is 2.33. The normalized spacial score (nSPS) is 19.3. The fraction of sp³-hybridized carbons (Fsp3) is 0.350. The highest BCUT2D eigenvalue weighted by molar-refractivity contribution is 6.01. The summed E-state index contributed by atoms with van der Waals surface area (Å²) in [6.45, 7) is 1.50. The molecule has 0 amide bonds. The van der Waals surface area contributed by atoms with Crippen molar-refractivity contribution < 1.29 is 19.4 Å². The first-order valence-corrected chi connectivity index (χ1v) is 8.73. The van der Waals surface area contributed by atoms with Crippen LogP contribution in [-0.2, 0) is 4.84 Å². The lowest BCUT2D eigenvalue weighted by Crippen LogP contribution is -2.32. The van der Waals surface area contributed by atoms with Crippen molar-refractivity contribution in [2.75, 3.05) is 26.9 Å². The minimum Gasteiger partial charge on any atom is -0.454 e. The summed E-state index contributed by atoms with van der Waals surface area (Å²) >= 11 is 0. The van der Waals surface area contributed by atoms with E-state index in [1.165, 1.54) is 0 Å². The summed E-state index contributed by atoms with van der Waals surface area (Å²) in [6.07, 6.45) is 0.186. The third-order valence-corrected chi connectivity index (χ3v) is 4.62. The zero-order valence-electron chi connectivity index (χ0n) is 14.7. The predicted octanol–water partition coefficient (Wildman–Crippen LogP) is 2.57. The Bertz CT molecular complexity index is 794. The Morgan fingerprint density at radius 1 is 1.15 bits per heavy atom. The summed E-state index contributed by atoms with van der Waals surface area (Å²) in [4.78, 5) is 7.66. The van der Waals surface area contributed by atoms with Gasteiger partial charge in [-0.25, -0.2) is 0 Å². The van der Waals surface area contributed by atoms with Crippen molar-refractivity contribution in [2.45, 2.75) is 18.6 Å². The Morgan fingerprint density at radius 3 is 2.81 bits per heavy atom.